The molecule has 0 radical (unpaired) electrons. The molecule has 3 aromatic rings. The number of anilines is 1. The molecule has 22 heavy (non-hydrogen) atoms. The van der Waals surface area contributed by atoms with Crippen molar-refractivity contribution in [3.05, 3.63) is 59.8 Å². The predicted molar refractivity (Wildman–Crippen MR) is 85.5 cm³/mol. The molecule has 0 amide bonds. The third kappa shape index (κ3) is 2.35. The Morgan fingerprint density at radius 3 is 2.86 bits per heavy atom. The number of rotatable bonds is 2. The standard InChI is InChI=1S/C17H17N5/c1-12-9-16(21-17(20-12)13-5-3-2-4-6-13)22-8-7-14-15(10-22)19-11-18-14/h2-6,9,11H,7-8,10H2,1H3,(H,18,19). The van der Waals surface area contributed by atoms with Gasteiger partial charge in [0, 0.05) is 30.3 Å². The second kappa shape index (κ2) is 5.26. The van der Waals surface area contributed by atoms with Crippen LogP contribution in [0.25, 0.3) is 11.4 Å². The van der Waals surface area contributed by atoms with E-state index in [1.165, 1.54) is 11.4 Å². The predicted octanol–water partition coefficient (Wildman–Crippen LogP) is 2.74. The van der Waals surface area contributed by atoms with Crippen LogP contribution in [0.4, 0.5) is 5.82 Å². The van der Waals surface area contributed by atoms with Crippen LogP contribution in [-0.4, -0.2) is 26.5 Å². The van der Waals surface area contributed by atoms with Crippen molar-refractivity contribution in [2.75, 3.05) is 11.4 Å². The van der Waals surface area contributed by atoms with E-state index in [1.54, 1.807) is 6.33 Å². The van der Waals surface area contributed by atoms with Crippen molar-refractivity contribution < 1.29 is 0 Å². The first-order valence-electron chi connectivity index (χ1n) is 7.47. The lowest BCUT2D eigenvalue weighted by Gasteiger charge is -2.27. The van der Waals surface area contributed by atoms with Gasteiger partial charge in [0.05, 0.1) is 24.3 Å². The quantitative estimate of drug-likeness (QED) is 0.788. The molecule has 110 valence electrons. The van der Waals surface area contributed by atoms with Gasteiger partial charge in [0.2, 0.25) is 0 Å². The van der Waals surface area contributed by atoms with Gasteiger partial charge in [0.1, 0.15) is 5.82 Å². The normalized spacial score (nSPS) is 14.0. The monoisotopic (exact) mass is 291 g/mol. The van der Waals surface area contributed by atoms with Crippen LogP contribution in [0, 0.1) is 6.92 Å². The van der Waals surface area contributed by atoms with Gasteiger partial charge in [-0.25, -0.2) is 15.0 Å². The first-order chi connectivity index (χ1) is 10.8. The number of hydrogen-bond acceptors (Lipinski definition) is 4. The van der Waals surface area contributed by atoms with E-state index >= 15 is 0 Å². The van der Waals surface area contributed by atoms with Gasteiger partial charge >= 0.3 is 0 Å². The molecular weight excluding hydrogens is 274 g/mol. The van der Waals surface area contributed by atoms with Gasteiger partial charge in [-0.05, 0) is 6.92 Å². The zero-order valence-corrected chi connectivity index (χ0v) is 12.5. The van der Waals surface area contributed by atoms with E-state index in [2.05, 4.69) is 19.9 Å². The van der Waals surface area contributed by atoms with Crippen LogP contribution in [0.3, 0.4) is 0 Å². The van der Waals surface area contributed by atoms with E-state index in [0.29, 0.717) is 0 Å². The summed E-state index contributed by atoms with van der Waals surface area (Å²) in [6, 6.07) is 12.2. The molecule has 5 heteroatoms. The van der Waals surface area contributed by atoms with Gasteiger partial charge in [0.25, 0.3) is 0 Å². The second-order valence-electron chi connectivity index (χ2n) is 5.56. The molecule has 0 bridgehead atoms. The molecule has 1 aliphatic heterocycles. The highest BCUT2D eigenvalue weighted by Gasteiger charge is 2.20. The Hall–Kier alpha value is -2.69. The summed E-state index contributed by atoms with van der Waals surface area (Å²) in [7, 11) is 0. The first-order valence-corrected chi connectivity index (χ1v) is 7.47. The Morgan fingerprint density at radius 1 is 1.14 bits per heavy atom. The number of aryl methyl sites for hydroxylation is 1. The van der Waals surface area contributed by atoms with Crippen molar-refractivity contribution in [3.8, 4) is 11.4 Å². The number of imidazole rings is 1. The molecule has 1 aromatic carbocycles. The van der Waals surface area contributed by atoms with Gasteiger partial charge in [-0.1, -0.05) is 30.3 Å². The first kappa shape index (κ1) is 13.0. The number of aromatic nitrogens is 4. The molecule has 2 aromatic heterocycles. The lowest BCUT2D eigenvalue weighted by molar-refractivity contribution is 0.700. The molecule has 0 saturated carbocycles. The second-order valence-corrected chi connectivity index (χ2v) is 5.56. The smallest absolute Gasteiger partial charge is 0.161 e. The Morgan fingerprint density at radius 2 is 2.00 bits per heavy atom. The van der Waals surface area contributed by atoms with Crippen molar-refractivity contribution in [1.82, 2.24) is 19.9 Å². The highest BCUT2D eigenvalue weighted by molar-refractivity contribution is 5.58. The molecule has 0 aliphatic carbocycles. The summed E-state index contributed by atoms with van der Waals surface area (Å²) >= 11 is 0. The molecule has 5 nitrogen and oxygen atoms in total. The molecule has 0 spiro atoms. The number of nitrogens with one attached hydrogen (secondary N) is 1. The Labute approximate surface area is 129 Å². The summed E-state index contributed by atoms with van der Waals surface area (Å²) < 4.78 is 0. The fourth-order valence-electron chi connectivity index (χ4n) is 2.84. The summed E-state index contributed by atoms with van der Waals surface area (Å²) in [6.45, 7) is 3.77. The van der Waals surface area contributed by atoms with Gasteiger partial charge in [-0.3, -0.25) is 0 Å². The number of hydrogen-bond donors (Lipinski definition) is 1. The number of benzene rings is 1. The number of H-pyrrole nitrogens is 1. The molecule has 0 fully saturated rings. The summed E-state index contributed by atoms with van der Waals surface area (Å²) in [6.07, 6.45) is 2.72. The average molecular weight is 291 g/mol. The molecule has 0 saturated heterocycles. The number of nitrogens with zero attached hydrogens (tertiary/aromatic N) is 4. The van der Waals surface area contributed by atoms with Crippen LogP contribution in [0.1, 0.15) is 17.1 Å². The minimum absolute atomic E-state index is 0.783. The van der Waals surface area contributed by atoms with Gasteiger partial charge in [0.15, 0.2) is 5.82 Å². The van der Waals surface area contributed by atoms with Crippen LogP contribution in [-0.2, 0) is 13.0 Å². The average Bonchev–Trinajstić information content (AvgIpc) is 3.02. The summed E-state index contributed by atoms with van der Waals surface area (Å²) in [5.41, 5.74) is 4.39. The zero-order chi connectivity index (χ0) is 14.9. The minimum Gasteiger partial charge on any atom is -0.350 e. The SMILES string of the molecule is Cc1cc(N2CCc3nc[nH]c3C2)nc(-c2ccccc2)n1. The summed E-state index contributed by atoms with van der Waals surface area (Å²) in [4.78, 5) is 19.2. The molecule has 3 heterocycles. The van der Waals surface area contributed by atoms with Crippen LogP contribution < -0.4 is 4.90 Å². The van der Waals surface area contributed by atoms with Gasteiger partial charge < -0.3 is 9.88 Å². The molecule has 0 unspecified atom stereocenters. The third-order valence-corrected chi connectivity index (χ3v) is 3.97. The fraction of sp³-hybridized carbons (Fsp3) is 0.235. The minimum atomic E-state index is 0.783. The van der Waals surface area contributed by atoms with E-state index in [1.807, 2.05) is 43.3 Å². The van der Waals surface area contributed by atoms with Crippen molar-refractivity contribution in [2.45, 2.75) is 19.9 Å². The van der Waals surface area contributed by atoms with E-state index < -0.39 is 0 Å². The Balaban J connectivity index is 1.70. The van der Waals surface area contributed by atoms with E-state index in [9.17, 15) is 0 Å². The number of aromatic amines is 1. The zero-order valence-electron chi connectivity index (χ0n) is 12.5. The van der Waals surface area contributed by atoms with Crippen LogP contribution in [0.15, 0.2) is 42.7 Å². The summed E-state index contributed by atoms with van der Waals surface area (Å²) in [5.74, 6) is 1.76. The molecule has 1 aliphatic rings. The Kier molecular flexibility index (Phi) is 3.11. The van der Waals surface area contributed by atoms with Crippen molar-refractivity contribution in [1.29, 1.82) is 0 Å². The van der Waals surface area contributed by atoms with E-state index in [0.717, 1.165) is 42.4 Å². The van der Waals surface area contributed by atoms with Gasteiger partial charge in [-0.15, -0.1) is 0 Å². The fourth-order valence-corrected chi connectivity index (χ4v) is 2.84. The van der Waals surface area contributed by atoms with Crippen LogP contribution >= 0.6 is 0 Å². The Bertz CT molecular complexity index is 794. The highest BCUT2D eigenvalue weighted by Crippen LogP contribution is 2.24. The van der Waals surface area contributed by atoms with Gasteiger partial charge in [-0.2, -0.15) is 0 Å². The summed E-state index contributed by atoms with van der Waals surface area (Å²) in [5, 5.41) is 0. The van der Waals surface area contributed by atoms with Crippen molar-refractivity contribution >= 4 is 5.82 Å². The molecule has 4 rings (SSSR count). The maximum Gasteiger partial charge on any atom is 0.161 e. The van der Waals surface area contributed by atoms with Crippen LogP contribution in [0.5, 0.6) is 0 Å². The topological polar surface area (TPSA) is 57.7 Å². The largest absolute Gasteiger partial charge is 0.350 e. The van der Waals surface area contributed by atoms with E-state index in [-0.39, 0.29) is 0 Å². The maximum absolute atomic E-state index is 4.77. The maximum atomic E-state index is 4.77. The lowest BCUT2D eigenvalue weighted by atomic mass is 10.1. The molecular formula is C17H17N5. The molecule has 1 N–H and O–H groups in total. The van der Waals surface area contributed by atoms with Crippen molar-refractivity contribution in [3.63, 3.8) is 0 Å². The lowest BCUT2D eigenvalue weighted by Crippen LogP contribution is -2.31. The van der Waals surface area contributed by atoms with Crippen molar-refractivity contribution in [2.24, 2.45) is 0 Å². The highest BCUT2D eigenvalue weighted by atomic mass is 15.2. The van der Waals surface area contributed by atoms with E-state index in [4.69, 9.17) is 4.98 Å². The van der Waals surface area contributed by atoms with Crippen LogP contribution in [0.2, 0.25) is 0 Å². The molecule has 0 atom stereocenters. The number of fused-ring (bicyclic) bond motifs is 1. The third-order valence-electron chi connectivity index (χ3n) is 3.97.